The molecule has 0 saturated carbocycles. The lowest BCUT2D eigenvalue weighted by molar-refractivity contribution is -0.274. The second kappa shape index (κ2) is 4.76. The molecule has 17 heavy (non-hydrogen) atoms. The normalized spacial score (nSPS) is 12.4. The zero-order valence-electron chi connectivity index (χ0n) is 9.65. The van der Waals surface area contributed by atoms with Gasteiger partial charge in [0, 0.05) is 11.2 Å². The first-order valence-corrected chi connectivity index (χ1v) is 5.70. The molecule has 1 aromatic carbocycles. The van der Waals surface area contributed by atoms with Gasteiger partial charge >= 0.3 is 6.36 Å². The van der Waals surface area contributed by atoms with Crippen LogP contribution in [0, 0.1) is 0 Å². The van der Waals surface area contributed by atoms with Gasteiger partial charge in [0.2, 0.25) is 0 Å². The van der Waals surface area contributed by atoms with Gasteiger partial charge in [-0.3, -0.25) is 0 Å². The molecule has 0 spiro atoms. The van der Waals surface area contributed by atoms with E-state index in [2.05, 4.69) is 26.0 Å². The molecule has 2 nitrogen and oxygen atoms in total. The Morgan fingerprint density at radius 3 is 2.18 bits per heavy atom. The van der Waals surface area contributed by atoms with E-state index in [1.807, 2.05) is 20.8 Å². The van der Waals surface area contributed by atoms with Gasteiger partial charge in [-0.05, 0) is 54.9 Å². The van der Waals surface area contributed by atoms with Crippen LogP contribution in [0.4, 0.5) is 18.9 Å². The minimum Gasteiger partial charge on any atom is -0.405 e. The van der Waals surface area contributed by atoms with Crippen LogP contribution < -0.4 is 10.1 Å². The Balaban J connectivity index is 2.87. The number of hydrogen-bond acceptors (Lipinski definition) is 2. The quantitative estimate of drug-likeness (QED) is 0.864. The zero-order valence-corrected chi connectivity index (χ0v) is 11.2. The fourth-order valence-corrected chi connectivity index (χ4v) is 1.68. The lowest BCUT2D eigenvalue weighted by atomic mass is 10.1. The molecule has 0 bridgehead atoms. The summed E-state index contributed by atoms with van der Waals surface area (Å²) < 4.78 is 40.2. The summed E-state index contributed by atoms with van der Waals surface area (Å²) in [4.78, 5) is 0. The van der Waals surface area contributed by atoms with Gasteiger partial charge in [-0.2, -0.15) is 0 Å². The largest absolute Gasteiger partial charge is 0.573 e. The summed E-state index contributed by atoms with van der Waals surface area (Å²) in [7, 11) is 0. The summed E-state index contributed by atoms with van der Waals surface area (Å²) in [6.45, 7) is 5.88. The van der Waals surface area contributed by atoms with Crippen molar-refractivity contribution in [2.24, 2.45) is 0 Å². The van der Waals surface area contributed by atoms with E-state index in [0.29, 0.717) is 0 Å². The van der Waals surface area contributed by atoms with Crippen LogP contribution >= 0.6 is 15.9 Å². The Hall–Kier alpha value is -0.910. The van der Waals surface area contributed by atoms with Gasteiger partial charge in [0.1, 0.15) is 5.75 Å². The number of rotatable bonds is 2. The molecule has 0 heterocycles. The summed E-state index contributed by atoms with van der Waals surface area (Å²) in [5.41, 5.74) is 0.560. The third-order valence-electron chi connectivity index (χ3n) is 1.68. The predicted molar refractivity (Wildman–Crippen MR) is 64.2 cm³/mol. The summed E-state index contributed by atoms with van der Waals surface area (Å²) in [5, 5.41) is 3.15. The molecule has 0 aliphatic heterocycles. The van der Waals surface area contributed by atoms with Crippen molar-refractivity contribution in [3.63, 3.8) is 0 Å². The van der Waals surface area contributed by atoms with Crippen molar-refractivity contribution in [1.29, 1.82) is 0 Å². The monoisotopic (exact) mass is 311 g/mol. The van der Waals surface area contributed by atoms with Crippen LogP contribution in [-0.4, -0.2) is 11.9 Å². The van der Waals surface area contributed by atoms with Crippen LogP contribution in [0.15, 0.2) is 22.7 Å². The van der Waals surface area contributed by atoms with Crippen molar-refractivity contribution < 1.29 is 17.9 Å². The second-order valence-electron chi connectivity index (χ2n) is 4.57. The molecule has 0 aromatic heterocycles. The third kappa shape index (κ3) is 5.30. The summed E-state index contributed by atoms with van der Waals surface area (Å²) in [6.07, 6.45) is -4.68. The highest BCUT2D eigenvalue weighted by atomic mass is 79.9. The fourth-order valence-electron chi connectivity index (χ4n) is 1.22. The van der Waals surface area contributed by atoms with Crippen molar-refractivity contribution in [3.05, 3.63) is 22.7 Å². The zero-order chi connectivity index (χ0) is 13.3. The van der Waals surface area contributed by atoms with Crippen LogP contribution in [0.2, 0.25) is 0 Å². The van der Waals surface area contributed by atoms with Crippen LogP contribution in [0.1, 0.15) is 20.8 Å². The van der Waals surface area contributed by atoms with Crippen LogP contribution in [0.5, 0.6) is 5.75 Å². The molecule has 0 unspecified atom stereocenters. The van der Waals surface area contributed by atoms with Gasteiger partial charge in [0.05, 0.1) is 4.47 Å². The van der Waals surface area contributed by atoms with E-state index in [-0.39, 0.29) is 15.8 Å². The maximum Gasteiger partial charge on any atom is 0.573 e. The number of anilines is 1. The standard InChI is InChI=1S/C11H13BrF3NO/c1-10(2,3)16-7-4-5-9(8(12)6-7)17-11(13,14)15/h4-6,16H,1-3H3. The smallest absolute Gasteiger partial charge is 0.405 e. The molecule has 0 amide bonds. The molecule has 6 heteroatoms. The topological polar surface area (TPSA) is 21.3 Å². The van der Waals surface area contributed by atoms with Crippen molar-refractivity contribution in [2.75, 3.05) is 5.32 Å². The average Bonchev–Trinajstić information content (AvgIpc) is 2.05. The maximum atomic E-state index is 12.0. The highest BCUT2D eigenvalue weighted by Gasteiger charge is 2.32. The lowest BCUT2D eigenvalue weighted by Gasteiger charge is -2.22. The molecule has 0 atom stereocenters. The summed E-state index contributed by atoms with van der Waals surface area (Å²) in [6, 6.07) is 4.36. The Bertz CT molecular complexity index is 399. The first-order valence-electron chi connectivity index (χ1n) is 4.90. The number of halogens is 4. The van der Waals surface area contributed by atoms with E-state index in [9.17, 15) is 13.2 Å². The molecule has 0 radical (unpaired) electrons. The molecule has 0 saturated heterocycles. The lowest BCUT2D eigenvalue weighted by Crippen LogP contribution is -2.26. The Labute approximate surface area is 106 Å². The molecule has 1 rings (SSSR count). The molecule has 1 N–H and O–H groups in total. The molecule has 0 fully saturated rings. The maximum absolute atomic E-state index is 12.0. The van der Waals surface area contributed by atoms with Crippen molar-refractivity contribution in [3.8, 4) is 5.75 Å². The van der Waals surface area contributed by atoms with E-state index >= 15 is 0 Å². The average molecular weight is 312 g/mol. The van der Waals surface area contributed by atoms with Crippen LogP contribution in [0.25, 0.3) is 0 Å². The highest BCUT2D eigenvalue weighted by Crippen LogP contribution is 2.33. The number of hydrogen-bond donors (Lipinski definition) is 1. The Morgan fingerprint density at radius 1 is 1.18 bits per heavy atom. The fraction of sp³-hybridized carbons (Fsp3) is 0.455. The third-order valence-corrected chi connectivity index (χ3v) is 2.30. The molecule has 96 valence electrons. The molecular formula is C11H13BrF3NO. The van der Waals surface area contributed by atoms with Gasteiger partial charge in [0.25, 0.3) is 0 Å². The number of alkyl halides is 3. The van der Waals surface area contributed by atoms with Crippen molar-refractivity contribution >= 4 is 21.6 Å². The van der Waals surface area contributed by atoms with E-state index in [4.69, 9.17) is 0 Å². The van der Waals surface area contributed by atoms with E-state index in [1.165, 1.54) is 12.1 Å². The molecule has 0 aliphatic carbocycles. The minimum absolute atomic E-state index is 0.161. The Kier molecular flexibility index (Phi) is 3.96. The molecule has 0 aliphatic rings. The predicted octanol–water partition coefficient (Wildman–Crippen LogP) is 4.56. The van der Waals surface area contributed by atoms with E-state index in [1.54, 1.807) is 6.07 Å². The Morgan fingerprint density at radius 2 is 1.76 bits per heavy atom. The second-order valence-corrected chi connectivity index (χ2v) is 5.42. The van der Waals surface area contributed by atoms with Crippen molar-refractivity contribution in [2.45, 2.75) is 32.7 Å². The van der Waals surface area contributed by atoms with Gasteiger partial charge in [0.15, 0.2) is 0 Å². The molecule has 1 aromatic rings. The number of ether oxygens (including phenoxy) is 1. The summed E-state index contributed by atoms with van der Waals surface area (Å²) >= 11 is 3.04. The SMILES string of the molecule is CC(C)(C)Nc1ccc(OC(F)(F)F)c(Br)c1. The number of nitrogens with one attached hydrogen (secondary N) is 1. The summed E-state index contributed by atoms with van der Waals surface area (Å²) in [5.74, 6) is -0.253. The van der Waals surface area contributed by atoms with E-state index in [0.717, 1.165) is 5.69 Å². The number of benzene rings is 1. The van der Waals surface area contributed by atoms with Gasteiger partial charge in [-0.25, -0.2) is 0 Å². The van der Waals surface area contributed by atoms with Crippen LogP contribution in [-0.2, 0) is 0 Å². The first kappa shape index (κ1) is 14.2. The van der Waals surface area contributed by atoms with Crippen molar-refractivity contribution in [1.82, 2.24) is 0 Å². The highest BCUT2D eigenvalue weighted by molar-refractivity contribution is 9.10. The first-order chi connectivity index (χ1) is 7.57. The van der Waals surface area contributed by atoms with Gasteiger partial charge in [-0.15, -0.1) is 13.2 Å². The molecular weight excluding hydrogens is 299 g/mol. The van der Waals surface area contributed by atoms with E-state index < -0.39 is 6.36 Å². The van der Waals surface area contributed by atoms with Crippen LogP contribution in [0.3, 0.4) is 0 Å². The van der Waals surface area contributed by atoms with Gasteiger partial charge < -0.3 is 10.1 Å². The minimum atomic E-state index is -4.68. The van der Waals surface area contributed by atoms with Gasteiger partial charge in [-0.1, -0.05) is 0 Å².